The molecule has 5 rings (SSSR count). The second-order valence-electron chi connectivity index (χ2n) is 7.71. The Balaban J connectivity index is 1.46. The molecule has 166 valence electrons. The highest BCUT2D eigenvalue weighted by atomic mass is 35.5. The second kappa shape index (κ2) is 8.59. The van der Waals surface area contributed by atoms with Gasteiger partial charge in [0.2, 0.25) is 11.8 Å². The van der Waals surface area contributed by atoms with E-state index in [0.717, 1.165) is 29.5 Å². The van der Waals surface area contributed by atoms with Crippen molar-refractivity contribution in [1.82, 2.24) is 30.6 Å². The maximum Gasteiger partial charge on any atom is 0.236 e. The Bertz CT molecular complexity index is 1290. The Kier molecular flexibility index (Phi) is 5.47. The number of rotatable bonds is 7. The fourth-order valence-corrected chi connectivity index (χ4v) is 3.93. The number of aromatic amines is 1. The number of benzene rings is 1. The quantitative estimate of drug-likeness (QED) is 0.398. The van der Waals surface area contributed by atoms with E-state index in [1.807, 2.05) is 49.4 Å². The summed E-state index contributed by atoms with van der Waals surface area (Å²) in [5, 5.41) is 17.6. The number of H-pyrrole nitrogens is 1. The Hall–Kier alpha value is -3.85. The third-order valence-corrected chi connectivity index (χ3v) is 5.82. The fraction of sp³-hybridized carbons (Fsp3) is 0.217. The first-order chi connectivity index (χ1) is 16.1. The van der Waals surface area contributed by atoms with Crippen molar-refractivity contribution in [3.63, 3.8) is 0 Å². The minimum Gasteiger partial charge on any atom is -0.478 e. The number of hydrogen-bond acceptors (Lipinski definition) is 7. The summed E-state index contributed by atoms with van der Waals surface area (Å²) in [4.78, 5) is 21.9. The number of nitrogens with one attached hydrogen (secondary N) is 2. The number of carbonyl (C=O) groups excluding carboxylic acids is 1. The molecule has 1 aromatic carbocycles. The molecule has 10 heteroatoms. The maximum absolute atomic E-state index is 13.2. The molecule has 0 saturated heterocycles. The molecule has 1 aliphatic carbocycles. The van der Waals surface area contributed by atoms with Gasteiger partial charge in [-0.25, -0.2) is 15.1 Å². The molecule has 0 unspecified atom stereocenters. The van der Waals surface area contributed by atoms with Crippen molar-refractivity contribution in [2.24, 2.45) is 0 Å². The minimum absolute atomic E-state index is 0.116. The van der Waals surface area contributed by atoms with Gasteiger partial charge in [0.1, 0.15) is 5.15 Å². The van der Waals surface area contributed by atoms with Crippen LogP contribution in [0.1, 0.15) is 25.5 Å². The lowest BCUT2D eigenvalue weighted by atomic mass is 9.98. The molecule has 0 radical (unpaired) electrons. The lowest BCUT2D eigenvalue weighted by Crippen LogP contribution is -2.28. The molecule has 1 aliphatic rings. The van der Waals surface area contributed by atoms with E-state index >= 15 is 0 Å². The smallest absolute Gasteiger partial charge is 0.236 e. The Morgan fingerprint density at radius 2 is 2.06 bits per heavy atom. The van der Waals surface area contributed by atoms with E-state index in [-0.39, 0.29) is 5.91 Å². The normalized spacial score (nSPS) is 14.0. The SMILES string of the molecule is CCOc1ccc(-c2ccc(NC(=O)C3(c4cccc(Cl)n4)CC3)cc2-c2nnn[nH]2)cn1. The van der Waals surface area contributed by atoms with E-state index in [0.29, 0.717) is 34.8 Å². The van der Waals surface area contributed by atoms with Crippen LogP contribution in [0.2, 0.25) is 5.15 Å². The van der Waals surface area contributed by atoms with Crippen LogP contribution in [0.5, 0.6) is 5.88 Å². The summed E-state index contributed by atoms with van der Waals surface area (Å²) in [5.41, 5.74) is 3.11. The predicted molar refractivity (Wildman–Crippen MR) is 123 cm³/mol. The first-order valence-corrected chi connectivity index (χ1v) is 10.9. The van der Waals surface area contributed by atoms with Gasteiger partial charge in [-0.1, -0.05) is 23.7 Å². The zero-order valence-corrected chi connectivity index (χ0v) is 18.5. The van der Waals surface area contributed by atoms with Gasteiger partial charge in [0, 0.05) is 29.1 Å². The van der Waals surface area contributed by atoms with Gasteiger partial charge in [-0.2, -0.15) is 0 Å². The van der Waals surface area contributed by atoms with Crippen molar-refractivity contribution < 1.29 is 9.53 Å². The molecule has 3 aromatic heterocycles. The first-order valence-electron chi connectivity index (χ1n) is 10.5. The van der Waals surface area contributed by atoms with E-state index in [4.69, 9.17) is 16.3 Å². The molecule has 1 saturated carbocycles. The van der Waals surface area contributed by atoms with Crippen molar-refractivity contribution >= 4 is 23.2 Å². The number of halogens is 1. The third-order valence-electron chi connectivity index (χ3n) is 5.61. The van der Waals surface area contributed by atoms with Gasteiger partial charge in [0.25, 0.3) is 0 Å². The number of hydrogen-bond donors (Lipinski definition) is 2. The lowest BCUT2D eigenvalue weighted by Gasteiger charge is -2.16. The number of anilines is 1. The first kappa shape index (κ1) is 21.0. The average Bonchev–Trinajstić information content (AvgIpc) is 3.47. The van der Waals surface area contributed by atoms with Gasteiger partial charge in [0.05, 0.1) is 17.7 Å². The maximum atomic E-state index is 13.2. The summed E-state index contributed by atoms with van der Waals surface area (Å²) in [5.74, 6) is 0.916. The van der Waals surface area contributed by atoms with E-state index in [1.165, 1.54) is 0 Å². The van der Waals surface area contributed by atoms with Crippen LogP contribution in [0.15, 0.2) is 54.7 Å². The van der Waals surface area contributed by atoms with Gasteiger partial charge >= 0.3 is 0 Å². The van der Waals surface area contributed by atoms with Gasteiger partial charge in [-0.05, 0) is 66.1 Å². The van der Waals surface area contributed by atoms with Crippen LogP contribution in [-0.4, -0.2) is 43.1 Å². The van der Waals surface area contributed by atoms with Gasteiger partial charge in [0.15, 0.2) is 5.82 Å². The molecule has 1 fully saturated rings. The monoisotopic (exact) mass is 461 g/mol. The minimum atomic E-state index is -0.656. The molecular formula is C23H20ClN7O2. The Morgan fingerprint density at radius 1 is 1.18 bits per heavy atom. The van der Waals surface area contributed by atoms with Crippen LogP contribution in [0.25, 0.3) is 22.5 Å². The molecule has 1 amide bonds. The molecule has 4 aromatic rings. The largest absolute Gasteiger partial charge is 0.478 e. The molecule has 0 spiro atoms. The van der Waals surface area contributed by atoms with Gasteiger partial charge < -0.3 is 10.1 Å². The number of tetrazole rings is 1. The topological polar surface area (TPSA) is 119 Å². The van der Waals surface area contributed by atoms with Crippen molar-refractivity contribution in [2.75, 3.05) is 11.9 Å². The van der Waals surface area contributed by atoms with Crippen LogP contribution in [-0.2, 0) is 10.2 Å². The predicted octanol–water partition coefficient (Wildman–Crippen LogP) is 4.05. The summed E-state index contributed by atoms with van der Waals surface area (Å²) in [6.07, 6.45) is 3.18. The van der Waals surface area contributed by atoms with Gasteiger partial charge in [-0.15, -0.1) is 5.10 Å². The van der Waals surface area contributed by atoms with Crippen LogP contribution < -0.4 is 10.1 Å². The highest BCUT2D eigenvalue weighted by molar-refractivity contribution is 6.29. The highest BCUT2D eigenvalue weighted by Crippen LogP contribution is 2.48. The molecule has 9 nitrogen and oxygen atoms in total. The number of carbonyl (C=O) groups is 1. The molecular weight excluding hydrogens is 442 g/mol. The van der Waals surface area contributed by atoms with E-state index in [9.17, 15) is 4.79 Å². The van der Waals surface area contributed by atoms with Crippen molar-refractivity contribution in [3.8, 4) is 28.4 Å². The van der Waals surface area contributed by atoms with E-state index in [1.54, 1.807) is 12.3 Å². The van der Waals surface area contributed by atoms with Gasteiger partial charge in [-0.3, -0.25) is 4.79 Å². The van der Waals surface area contributed by atoms with Crippen LogP contribution in [0.4, 0.5) is 5.69 Å². The third kappa shape index (κ3) is 4.14. The van der Waals surface area contributed by atoms with Crippen molar-refractivity contribution in [1.29, 1.82) is 0 Å². The van der Waals surface area contributed by atoms with Crippen LogP contribution in [0.3, 0.4) is 0 Å². The van der Waals surface area contributed by atoms with Crippen molar-refractivity contribution in [3.05, 3.63) is 65.6 Å². The number of ether oxygens (including phenoxy) is 1. The number of amides is 1. The zero-order chi connectivity index (χ0) is 22.8. The fourth-order valence-electron chi connectivity index (χ4n) is 3.77. The second-order valence-corrected chi connectivity index (χ2v) is 8.10. The summed E-state index contributed by atoms with van der Waals surface area (Å²) in [7, 11) is 0. The standard InChI is InChI=1S/C23H20ClN7O2/c1-2-33-20-9-6-14(13-25-20)16-8-7-15(12-17(16)21-28-30-31-29-21)26-22(32)23(10-11-23)18-4-3-5-19(24)27-18/h3-9,12-13H,2,10-11H2,1H3,(H,26,32)(H,28,29,30,31). The summed E-state index contributed by atoms with van der Waals surface area (Å²) in [6, 6.07) is 14.7. The molecule has 0 bridgehead atoms. The van der Waals surface area contributed by atoms with E-state index < -0.39 is 5.41 Å². The zero-order valence-electron chi connectivity index (χ0n) is 17.7. The molecule has 2 N–H and O–H groups in total. The number of pyridine rings is 2. The average molecular weight is 462 g/mol. The Morgan fingerprint density at radius 3 is 2.73 bits per heavy atom. The molecule has 0 aliphatic heterocycles. The highest BCUT2D eigenvalue weighted by Gasteiger charge is 2.52. The Labute approximate surface area is 194 Å². The summed E-state index contributed by atoms with van der Waals surface area (Å²) < 4.78 is 5.43. The van der Waals surface area contributed by atoms with E-state index in [2.05, 4.69) is 35.9 Å². The summed E-state index contributed by atoms with van der Waals surface area (Å²) >= 11 is 6.05. The summed E-state index contributed by atoms with van der Waals surface area (Å²) in [6.45, 7) is 2.45. The molecule has 33 heavy (non-hydrogen) atoms. The van der Waals surface area contributed by atoms with Crippen LogP contribution in [0, 0.1) is 0 Å². The lowest BCUT2D eigenvalue weighted by molar-refractivity contribution is -0.118. The molecule has 3 heterocycles. The van der Waals surface area contributed by atoms with Crippen LogP contribution >= 0.6 is 11.6 Å². The molecule has 0 atom stereocenters. The number of nitrogens with zero attached hydrogens (tertiary/aromatic N) is 5. The van der Waals surface area contributed by atoms with Crippen molar-refractivity contribution in [2.45, 2.75) is 25.2 Å². The number of aromatic nitrogens is 6.